The highest BCUT2D eigenvalue weighted by molar-refractivity contribution is 7.91. The molecule has 1 fully saturated rings. The Kier molecular flexibility index (Phi) is 5.82. The van der Waals surface area contributed by atoms with E-state index in [1.165, 1.54) is 0 Å². The van der Waals surface area contributed by atoms with Gasteiger partial charge in [-0.3, -0.25) is 4.79 Å². The summed E-state index contributed by atoms with van der Waals surface area (Å²) in [7, 11) is -1.56. The number of hydrogen-bond donors (Lipinski definition) is 0. The monoisotopic (exact) mass is 440 g/mol. The van der Waals surface area contributed by atoms with Gasteiger partial charge in [-0.25, -0.2) is 8.42 Å². The topological polar surface area (TPSA) is 89.7 Å². The molecule has 0 N–H and O–H groups in total. The number of amides is 1. The van der Waals surface area contributed by atoms with E-state index >= 15 is 0 Å². The summed E-state index contributed by atoms with van der Waals surface area (Å²) in [6.07, 6.45) is 0.420. The average molecular weight is 441 g/mol. The predicted octanol–water partition coefficient (Wildman–Crippen LogP) is 3.49. The van der Waals surface area contributed by atoms with Crippen molar-refractivity contribution in [3.63, 3.8) is 0 Å². The fourth-order valence-electron chi connectivity index (χ4n) is 3.69. The van der Waals surface area contributed by atoms with Crippen LogP contribution in [0.25, 0.3) is 11.3 Å². The quantitative estimate of drug-likeness (QED) is 0.583. The molecule has 1 saturated heterocycles. The van der Waals surface area contributed by atoms with E-state index in [2.05, 4.69) is 5.16 Å². The van der Waals surface area contributed by atoms with Crippen LogP contribution < -0.4 is 4.74 Å². The summed E-state index contributed by atoms with van der Waals surface area (Å²) < 4.78 is 34.7. The van der Waals surface area contributed by atoms with E-state index in [0.717, 1.165) is 16.7 Å². The van der Waals surface area contributed by atoms with Crippen LogP contribution in [0.4, 0.5) is 0 Å². The van der Waals surface area contributed by atoms with E-state index in [9.17, 15) is 13.2 Å². The van der Waals surface area contributed by atoms with Crippen LogP contribution >= 0.6 is 0 Å². The predicted molar refractivity (Wildman–Crippen MR) is 117 cm³/mol. The van der Waals surface area contributed by atoms with Crippen LogP contribution in [-0.4, -0.2) is 49.0 Å². The van der Waals surface area contributed by atoms with Crippen molar-refractivity contribution in [2.24, 2.45) is 0 Å². The van der Waals surface area contributed by atoms with Gasteiger partial charge in [0.15, 0.2) is 21.3 Å². The minimum absolute atomic E-state index is 0.0339. The van der Waals surface area contributed by atoms with Crippen LogP contribution in [0, 0.1) is 6.92 Å². The number of ether oxygens (including phenoxy) is 1. The van der Waals surface area contributed by atoms with Crippen LogP contribution in [0.3, 0.4) is 0 Å². The van der Waals surface area contributed by atoms with Crippen molar-refractivity contribution < 1.29 is 22.5 Å². The molecule has 0 saturated carbocycles. The third kappa shape index (κ3) is 4.80. The lowest BCUT2D eigenvalue weighted by Crippen LogP contribution is -2.40. The molecule has 1 atom stereocenters. The van der Waals surface area contributed by atoms with Crippen LogP contribution in [0.2, 0.25) is 0 Å². The van der Waals surface area contributed by atoms with Crippen LogP contribution in [-0.2, 0) is 16.4 Å². The van der Waals surface area contributed by atoms with Crippen molar-refractivity contribution in [1.29, 1.82) is 0 Å². The van der Waals surface area contributed by atoms with Crippen molar-refractivity contribution in [3.05, 3.63) is 71.4 Å². The Balaban J connectivity index is 1.60. The van der Waals surface area contributed by atoms with E-state index in [1.807, 2.05) is 43.3 Å². The number of methoxy groups -OCH3 is 1. The van der Waals surface area contributed by atoms with E-state index in [4.69, 9.17) is 9.26 Å². The number of carbonyl (C=O) groups is 1. The second kappa shape index (κ2) is 8.55. The van der Waals surface area contributed by atoms with Crippen molar-refractivity contribution in [1.82, 2.24) is 10.1 Å². The molecule has 3 aromatic rings. The Bertz CT molecular complexity index is 1170. The molecule has 162 valence electrons. The van der Waals surface area contributed by atoms with Gasteiger partial charge in [0.05, 0.1) is 18.6 Å². The summed E-state index contributed by atoms with van der Waals surface area (Å²) in [5, 5.41) is 3.97. The van der Waals surface area contributed by atoms with Crippen LogP contribution in [0.15, 0.2) is 59.1 Å². The highest BCUT2D eigenvalue weighted by Gasteiger charge is 2.36. The molecular weight excluding hydrogens is 416 g/mol. The van der Waals surface area contributed by atoms with Crippen LogP contribution in [0.1, 0.15) is 28.0 Å². The number of carbonyl (C=O) groups excluding carboxylic acids is 1. The first-order valence-corrected chi connectivity index (χ1v) is 11.8. The number of aromatic nitrogens is 1. The highest BCUT2D eigenvalue weighted by Crippen LogP contribution is 2.26. The highest BCUT2D eigenvalue weighted by atomic mass is 32.2. The van der Waals surface area contributed by atoms with Crippen molar-refractivity contribution in [2.45, 2.75) is 25.9 Å². The van der Waals surface area contributed by atoms with Crippen molar-refractivity contribution in [3.8, 4) is 17.1 Å². The molecule has 1 aliphatic rings. The first kappa shape index (κ1) is 21.1. The van der Waals surface area contributed by atoms with Gasteiger partial charge in [-0.15, -0.1) is 0 Å². The maximum atomic E-state index is 13.3. The SMILES string of the molecule is COc1ccc(-c2cc(C(=O)N(Cc3ccc(C)cc3)[C@@H]3CCS(=O)(=O)C3)no2)cc1. The van der Waals surface area contributed by atoms with Gasteiger partial charge in [0.2, 0.25) is 0 Å². The molecule has 4 rings (SSSR count). The average Bonchev–Trinajstić information content (AvgIpc) is 3.39. The summed E-state index contributed by atoms with van der Waals surface area (Å²) in [6, 6.07) is 16.3. The zero-order valence-corrected chi connectivity index (χ0v) is 18.3. The molecule has 0 spiro atoms. The van der Waals surface area contributed by atoms with E-state index in [1.54, 1.807) is 30.2 Å². The lowest BCUT2D eigenvalue weighted by molar-refractivity contribution is 0.0670. The van der Waals surface area contributed by atoms with Gasteiger partial charge in [0.1, 0.15) is 5.75 Å². The zero-order valence-electron chi connectivity index (χ0n) is 17.4. The zero-order chi connectivity index (χ0) is 22.0. The standard InChI is InChI=1S/C23H24N2O5S/c1-16-3-5-17(6-4-16)14-25(19-11-12-31(27,28)15-19)23(26)21-13-22(30-24-21)18-7-9-20(29-2)10-8-18/h3-10,13,19H,11-12,14-15H2,1-2H3/t19-/m1/s1. The second-order valence-electron chi connectivity index (χ2n) is 7.78. The summed E-state index contributed by atoms with van der Waals surface area (Å²) in [4.78, 5) is 14.9. The number of aryl methyl sites for hydroxylation is 1. The van der Waals surface area contributed by atoms with Gasteiger partial charge in [-0.2, -0.15) is 0 Å². The maximum Gasteiger partial charge on any atom is 0.276 e. The molecule has 0 bridgehead atoms. The summed E-state index contributed by atoms with van der Waals surface area (Å²) in [5.41, 5.74) is 2.97. The Hall–Kier alpha value is -3.13. The lowest BCUT2D eigenvalue weighted by Gasteiger charge is -2.27. The van der Waals surface area contributed by atoms with Crippen LogP contribution in [0.5, 0.6) is 5.75 Å². The number of benzene rings is 2. The van der Waals surface area contributed by atoms with Crippen molar-refractivity contribution in [2.75, 3.05) is 18.6 Å². The molecule has 7 nitrogen and oxygen atoms in total. The third-order valence-corrected chi connectivity index (χ3v) is 7.24. The van der Waals surface area contributed by atoms with Gasteiger partial charge in [0.25, 0.3) is 5.91 Å². The second-order valence-corrected chi connectivity index (χ2v) is 10.0. The maximum absolute atomic E-state index is 13.3. The van der Waals surface area contributed by atoms with Gasteiger partial charge in [-0.05, 0) is 43.2 Å². The third-order valence-electron chi connectivity index (χ3n) is 5.49. The van der Waals surface area contributed by atoms with Gasteiger partial charge in [0, 0.05) is 24.2 Å². The normalized spacial score (nSPS) is 17.4. The molecule has 0 radical (unpaired) electrons. The summed E-state index contributed by atoms with van der Waals surface area (Å²) >= 11 is 0. The fourth-order valence-corrected chi connectivity index (χ4v) is 5.42. The minimum atomic E-state index is -3.15. The number of rotatable bonds is 6. The molecular formula is C23H24N2O5S. The molecule has 2 aromatic carbocycles. The Morgan fingerprint density at radius 2 is 1.87 bits per heavy atom. The smallest absolute Gasteiger partial charge is 0.276 e. The Morgan fingerprint density at radius 3 is 2.48 bits per heavy atom. The number of sulfone groups is 1. The van der Waals surface area contributed by atoms with Gasteiger partial charge in [-0.1, -0.05) is 35.0 Å². The number of nitrogens with zero attached hydrogens (tertiary/aromatic N) is 2. The largest absolute Gasteiger partial charge is 0.497 e. The van der Waals surface area contributed by atoms with E-state index in [-0.39, 0.29) is 29.1 Å². The van der Waals surface area contributed by atoms with E-state index in [0.29, 0.717) is 24.5 Å². The Morgan fingerprint density at radius 1 is 1.16 bits per heavy atom. The molecule has 8 heteroatoms. The van der Waals surface area contributed by atoms with Crippen molar-refractivity contribution >= 4 is 15.7 Å². The minimum Gasteiger partial charge on any atom is -0.497 e. The van der Waals surface area contributed by atoms with Gasteiger partial charge < -0.3 is 14.2 Å². The number of hydrogen-bond acceptors (Lipinski definition) is 6. The van der Waals surface area contributed by atoms with E-state index < -0.39 is 9.84 Å². The first-order valence-electron chi connectivity index (χ1n) is 10.0. The molecule has 1 amide bonds. The Labute approximate surface area is 181 Å². The lowest BCUT2D eigenvalue weighted by atomic mass is 10.1. The fraction of sp³-hybridized carbons (Fsp3) is 0.304. The summed E-state index contributed by atoms with van der Waals surface area (Å²) in [5.74, 6) is 0.886. The molecule has 1 aromatic heterocycles. The molecule has 1 aliphatic heterocycles. The summed E-state index contributed by atoms with van der Waals surface area (Å²) in [6.45, 7) is 2.30. The molecule has 0 aliphatic carbocycles. The van der Waals surface area contributed by atoms with Gasteiger partial charge >= 0.3 is 0 Å². The first-order chi connectivity index (χ1) is 14.8. The molecule has 0 unspecified atom stereocenters. The molecule has 2 heterocycles. The molecule has 31 heavy (non-hydrogen) atoms.